The van der Waals surface area contributed by atoms with Crippen LogP contribution in [0.25, 0.3) is 0 Å². The molecule has 0 spiro atoms. The van der Waals surface area contributed by atoms with Gasteiger partial charge in [-0.1, -0.05) is 33.6 Å². The molecule has 1 N–H and O–H groups in total. The molecule has 1 saturated heterocycles. The van der Waals surface area contributed by atoms with Gasteiger partial charge in [-0.05, 0) is 69.4 Å². The number of nitrogens with one attached hydrogen (secondary N) is 1. The van der Waals surface area contributed by atoms with Gasteiger partial charge in [0.05, 0.1) is 0 Å². The Bertz CT molecular complexity index is 474. The minimum atomic E-state index is 0.476. The lowest BCUT2D eigenvalue weighted by Crippen LogP contribution is -2.43. The third kappa shape index (κ3) is 3.06. The van der Waals surface area contributed by atoms with Crippen molar-refractivity contribution in [3.8, 4) is 0 Å². The van der Waals surface area contributed by atoms with E-state index in [1.54, 1.807) is 0 Å². The Balaban J connectivity index is 1.93. The van der Waals surface area contributed by atoms with Crippen molar-refractivity contribution in [3.05, 3.63) is 33.3 Å². The molecule has 0 aromatic heterocycles. The van der Waals surface area contributed by atoms with E-state index in [4.69, 9.17) is 11.6 Å². The molecule has 1 heterocycles. The van der Waals surface area contributed by atoms with Crippen LogP contribution in [0.2, 0.25) is 5.02 Å². The van der Waals surface area contributed by atoms with Crippen LogP contribution in [0.15, 0.2) is 22.7 Å². The first-order valence-electron chi connectivity index (χ1n) is 7.56. The lowest BCUT2D eigenvalue weighted by atomic mass is 9.84. The van der Waals surface area contributed by atoms with Gasteiger partial charge in [0.1, 0.15) is 0 Å². The molecule has 0 bridgehead atoms. The second-order valence-corrected chi connectivity index (χ2v) is 7.36. The lowest BCUT2D eigenvalue weighted by Gasteiger charge is -2.42. The first-order chi connectivity index (χ1) is 9.70. The number of nitrogens with zero attached hydrogens (tertiary/aromatic N) is 1. The predicted octanol–water partition coefficient (Wildman–Crippen LogP) is 4.24. The normalized spacial score (nSPS) is 27.8. The summed E-state index contributed by atoms with van der Waals surface area (Å²) < 4.78 is 1.06. The second kappa shape index (κ2) is 6.35. The van der Waals surface area contributed by atoms with Crippen LogP contribution in [0, 0.1) is 5.92 Å². The summed E-state index contributed by atoms with van der Waals surface area (Å²) in [6.07, 6.45) is 5.32. The van der Waals surface area contributed by atoms with Crippen molar-refractivity contribution in [1.82, 2.24) is 10.2 Å². The van der Waals surface area contributed by atoms with Crippen LogP contribution in [-0.4, -0.2) is 31.1 Å². The maximum absolute atomic E-state index is 6.54. The summed E-state index contributed by atoms with van der Waals surface area (Å²) >= 11 is 10.1. The summed E-state index contributed by atoms with van der Waals surface area (Å²) in [5.74, 6) is 0.660. The molecule has 2 nitrogen and oxygen atoms in total. The zero-order valence-electron chi connectivity index (χ0n) is 11.9. The highest BCUT2D eigenvalue weighted by Gasteiger charge is 2.40. The molecule has 1 saturated carbocycles. The molecule has 1 aliphatic carbocycles. The molecule has 1 aliphatic heterocycles. The summed E-state index contributed by atoms with van der Waals surface area (Å²) in [5, 5.41) is 4.27. The zero-order chi connectivity index (χ0) is 14.1. The summed E-state index contributed by atoms with van der Waals surface area (Å²) in [6.45, 7) is 2.29. The Morgan fingerprint density at radius 1 is 1.35 bits per heavy atom. The van der Waals surface area contributed by atoms with E-state index < -0.39 is 0 Å². The molecule has 110 valence electrons. The number of likely N-dealkylation sites (tertiary alicyclic amines) is 1. The van der Waals surface area contributed by atoms with E-state index in [-0.39, 0.29) is 0 Å². The number of rotatable bonds is 4. The molecule has 4 heteroatoms. The van der Waals surface area contributed by atoms with Crippen LogP contribution in [-0.2, 0) is 0 Å². The Morgan fingerprint density at radius 3 is 2.80 bits per heavy atom. The second-order valence-electron chi connectivity index (χ2n) is 6.04. The number of halogens is 2. The van der Waals surface area contributed by atoms with Gasteiger partial charge in [0.2, 0.25) is 0 Å². The van der Waals surface area contributed by atoms with Crippen LogP contribution >= 0.6 is 27.5 Å². The first-order valence-corrected chi connectivity index (χ1v) is 8.73. The van der Waals surface area contributed by atoms with E-state index in [1.807, 2.05) is 6.07 Å². The van der Waals surface area contributed by atoms with E-state index in [0.717, 1.165) is 22.1 Å². The van der Waals surface area contributed by atoms with Gasteiger partial charge in [0.25, 0.3) is 0 Å². The fourth-order valence-corrected chi connectivity index (χ4v) is 4.35. The van der Waals surface area contributed by atoms with Crippen molar-refractivity contribution in [2.75, 3.05) is 20.1 Å². The van der Waals surface area contributed by atoms with E-state index in [1.165, 1.54) is 37.8 Å². The molecule has 2 atom stereocenters. The van der Waals surface area contributed by atoms with Crippen molar-refractivity contribution in [2.24, 2.45) is 5.92 Å². The van der Waals surface area contributed by atoms with Crippen molar-refractivity contribution >= 4 is 27.5 Å². The van der Waals surface area contributed by atoms with E-state index in [9.17, 15) is 0 Å². The van der Waals surface area contributed by atoms with Crippen LogP contribution in [0.3, 0.4) is 0 Å². The minimum Gasteiger partial charge on any atom is -0.319 e. The van der Waals surface area contributed by atoms with Gasteiger partial charge in [-0.25, -0.2) is 0 Å². The third-order valence-corrected chi connectivity index (χ3v) is 5.38. The van der Waals surface area contributed by atoms with Gasteiger partial charge in [0, 0.05) is 21.6 Å². The maximum atomic E-state index is 6.54. The summed E-state index contributed by atoms with van der Waals surface area (Å²) in [6, 6.07) is 7.63. The molecule has 0 radical (unpaired) electrons. The molecule has 20 heavy (non-hydrogen) atoms. The largest absolute Gasteiger partial charge is 0.319 e. The van der Waals surface area contributed by atoms with Crippen LogP contribution < -0.4 is 5.32 Å². The molecule has 2 aliphatic rings. The number of hydrogen-bond donors (Lipinski definition) is 1. The molecule has 2 fully saturated rings. The number of benzene rings is 1. The summed E-state index contributed by atoms with van der Waals surface area (Å²) in [5.41, 5.74) is 1.31. The van der Waals surface area contributed by atoms with Crippen molar-refractivity contribution in [3.63, 3.8) is 0 Å². The summed E-state index contributed by atoms with van der Waals surface area (Å²) in [7, 11) is 2.05. The highest BCUT2D eigenvalue weighted by molar-refractivity contribution is 9.10. The van der Waals surface area contributed by atoms with Gasteiger partial charge in [-0.2, -0.15) is 0 Å². The SMILES string of the molecule is CNCC1CCCN(C2CC2)C1c1ccc(Br)cc1Cl. The van der Waals surface area contributed by atoms with Gasteiger partial charge in [-0.15, -0.1) is 0 Å². The van der Waals surface area contributed by atoms with E-state index in [0.29, 0.717) is 12.0 Å². The number of hydrogen-bond acceptors (Lipinski definition) is 2. The average Bonchev–Trinajstić information content (AvgIpc) is 3.24. The number of piperidine rings is 1. The van der Waals surface area contributed by atoms with Crippen LogP contribution in [0.5, 0.6) is 0 Å². The monoisotopic (exact) mass is 356 g/mol. The Morgan fingerprint density at radius 2 is 2.15 bits per heavy atom. The van der Waals surface area contributed by atoms with Gasteiger partial charge < -0.3 is 5.32 Å². The Kier molecular flexibility index (Phi) is 4.71. The standard InChI is InChI=1S/C16H22BrClN2/c1-19-10-11-3-2-8-20(13-5-6-13)16(11)14-7-4-12(17)9-15(14)18/h4,7,9,11,13,16,19H,2-3,5-6,8,10H2,1H3. The molecular weight excluding hydrogens is 336 g/mol. The molecule has 1 aromatic rings. The maximum Gasteiger partial charge on any atom is 0.0465 e. The van der Waals surface area contributed by atoms with Crippen LogP contribution in [0.1, 0.15) is 37.3 Å². The predicted molar refractivity (Wildman–Crippen MR) is 88.3 cm³/mol. The molecule has 3 rings (SSSR count). The Labute approximate surface area is 135 Å². The Hall–Kier alpha value is -0.0900. The highest BCUT2D eigenvalue weighted by Crippen LogP contribution is 2.44. The third-order valence-electron chi connectivity index (χ3n) is 4.56. The fraction of sp³-hybridized carbons (Fsp3) is 0.625. The molecule has 1 aromatic carbocycles. The molecule has 0 amide bonds. The van der Waals surface area contributed by atoms with E-state index in [2.05, 4.69) is 45.3 Å². The average molecular weight is 358 g/mol. The zero-order valence-corrected chi connectivity index (χ0v) is 14.3. The topological polar surface area (TPSA) is 15.3 Å². The van der Waals surface area contributed by atoms with E-state index >= 15 is 0 Å². The highest BCUT2D eigenvalue weighted by atomic mass is 79.9. The van der Waals surface area contributed by atoms with Crippen molar-refractivity contribution < 1.29 is 0 Å². The van der Waals surface area contributed by atoms with Gasteiger partial charge >= 0.3 is 0 Å². The van der Waals surface area contributed by atoms with Gasteiger partial charge in [0.15, 0.2) is 0 Å². The van der Waals surface area contributed by atoms with Gasteiger partial charge in [-0.3, -0.25) is 4.90 Å². The first kappa shape index (κ1) is 14.8. The quantitative estimate of drug-likeness (QED) is 0.867. The molecule has 2 unspecified atom stereocenters. The lowest BCUT2D eigenvalue weighted by molar-refractivity contribution is 0.0846. The summed E-state index contributed by atoms with van der Waals surface area (Å²) in [4.78, 5) is 2.71. The van der Waals surface area contributed by atoms with Crippen molar-refractivity contribution in [2.45, 2.75) is 37.8 Å². The fourth-order valence-electron chi connectivity index (χ4n) is 3.57. The van der Waals surface area contributed by atoms with Crippen LogP contribution in [0.4, 0.5) is 0 Å². The minimum absolute atomic E-state index is 0.476. The smallest absolute Gasteiger partial charge is 0.0465 e. The van der Waals surface area contributed by atoms with Crippen molar-refractivity contribution in [1.29, 1.82) is 0 Å². The molecular formula is C16H22BrClN2.